The van der Waals surface area contributed by atoms with E-state index in [1.165, 1.54) is 30.5 Å². The lowest BCUT2D eigenvalue weighted by atomic mass is 10.1. The summed E-state index contributed by atoms with van der Waals surface area (Å²) in [4.78, 5) is 12.2. The van der Waals surface area contributed by atoms with Gasteiger partial charge in [0, 0.05) is 11.1 Å². The topological polar surface area (TPSA) is 115 Å². The van der Waals surface area contributed by atoms with Crippen molar-refractivity contribution < 1.29 is 24.5 Å². The Morgan fingerprint density at radius 1 is 1.17 bits per heavy atom. The molecule has 0 aliphatic carbocycles. The third-order valence-corrected chi connectivity index (χ3v) is 3.52. The van der Waals surface area contributed by atoms with Gasteiger partial charge in [-0.1, -0.05) is 6.07 Å². The van der Waals surface area contributed by atoms with Gasteiger partial charge in [-0.15, -0.1) is 0 Å². The Kier molecular flexibility index (Phi) is 3.83. The SMILES string of the molecule is Cc1c(C(=O)N/N=C/c2cc(O)ccc2O)oc2cccc(O)c12. The van der Waals surface area contributed by atoms with Gasteiger partial charge in [0.2, 0.25) is 0 Å². The first-order valence-corrected chi connectivity index (χ1v) is 7.04. The summed E-state index contributed by atoms with van der Waals surface area (Å²) in [6, 6.07) is 8.71. The molecule has 0 bridgehead atoms. The molecule has 0 aliphatic rings. The van der Waals surface area contributed by atoms with Crippen LogP contribution >= 0.6 is 0 Å². The van der Waals surface area contributed by atoms with Gasteiger partial charge >= 0.3 is 5.91 Å². The van der Waals surface area contributed by atoms with Crippen LogP contribution in [0, 0.1) is 6.92 Å². The summed E-state index contributed by atoms with van der Waals surface area (Å²) in [5.41, 5.74) is 3.41. The fourth-order valence-corrected chi connectivity index (χ4v) is 2.35. The van der Waals surface area contributed by atoms with Crippen LogP contribution in [0.4, 0.5) is 0 Å². The minimum absolute atomic E-state index is 0.0287. The van der Waals surface area contributed by atoms with Crippen LogP contribution in [0.3, 0.4) is 0 Å². The van der Waals surface area contributed by atoms with E-state index in [1.54, 1.807) is 19.1 Å². The van der Waals surface area contributed by atoms with Crippen molar-refractivity contribution in [1.29, 1.82) is 0 Å². The van der Waals surface area contributed by atoms with E-state index in [-0.39, 0.29) is 28.6 Å². The van der Waals surface area contributed by atoms with E-state index < -0.39 is 5.91 Å². The van der Waals surface area contributed by atoms with Crippen molar-refractivity contribution in [3.63, 3.8) is 0 Å². The molecule has 0 saturated carbocycles. The van der Waals surface area contributed by atoms with E-state index in [2.05, 4.69) is 10.5 Å². The van der Waals surface area contributed by atoms with E-state index in [9.17, 15) is 20.1 Å². The second-order valence-corrected chi connectivity index (χ2v) is 5.15. The van der Waals surface area contributed by atoms with E-state index in [0.717, 1.165) is 0 Å². The number of hydrazone groups is 1. The Hall–Kier alpha value is -3.48. The molecule has 0 aliphatic heterocycles. The highest BCUT2D eigenvalue weighted by molar-refractivity contribution is 6.01. The maximum absolute atomic E-state index is 12.2. The van der Waals surface area contributed by atoms with Crippen LogP contribution in [-0.4, -0.2) is 27.4 Å². The van der Waals surface area contributed by atoms with Gasteiger partial charge in [-0.2, -0.15) is 5.10 Å². The number of carbonyl (C=O) groups excluding carboxylic acids is 1. The second kappa shape index (κ2) is 5.96. The number of hydrogen-bond acceptors (Lipinski definition) is 6. The van der Waals surface area contributed by atoms with Crippen molar-refractivity contribution in [3.05, 3.63) is 53.3 Å². The van der Waals surface area contributed by atoms with Gasteiger partial charge in [-0.25, -0.2) is 5.43 Å². The molecule has 3 aromatic rings. The molecule has 1 amide bonds. The lowest BCUT2D eigenvalue weighted by Crippen LogP contribution is -2.17. The number of fused-ring (bicyclic) bond motifs is 1. The summed E-state index contributed by atoms with van der Waals surface area (Å²) in [5.74, 6) is -0.663. The molecule has 4 N–H and O–H groups in total. The van der Waals surface area contributed by atoms with Gasteiger partial charge in [-0.3, -0.25) is 4.79 Å². The fraction of sp³-hybridized carbons (Fsp3) is 0.0588. The largest absolute Gasteiger partial charge is 0.508 e. The van der Waals surface area contributed by atoms with Crippen molar-refractivity contribution >= 4 is 23.1 Å². The summed E-state index contributed by atoms with van der Waals surface area (Å²) >= 11 is 0. The second-order valence-electron chi connectivity index (χ2n) is 5.15. The number of amides is 1. The molecule has 0 radical (unpaired) electrons. The van der Waals surface area contributed by atoms with Crippen LogP contribution in [0.15, 0.2) is 45.9 Å². The Labute approximate surface area is 136 Å². The Bertz CT molecular complexity index is 959. The Morgan fingerprint density at radius 2 is 1.96 bits per heavy atom. The monoisotopic (exact) mass is 326 g/mol. The number of aromatic hydroxyl groups is 3. The smallest absolute Gasteiger partial charge is 0.307 e. The molecule has 0 fully saturated rings. The summed E-state index contributed by atoms with van der Waals surface area (Å²) < 4.78 is 5.45. The third-order valence-electron chi connectivity index (χ3n) is 3.52. The van der Waals surface area contributed by atoms with Crippen LogP contribution in [0.25, 0.3) is 11.0 Å². The first kappa shape index (κ1) is 15.4. The molecule has 122 valence electrons. The average Bonchev–Trinajstić information content (AvgIpc) is 2.89. The first-order chi connectivity index (χ1) is 11.5. The highest BCUT2D eigenvalue weighted by atomic mass is 16.3. The Balaban J connectivity index is 1.83. The molecule has 1 heterocycles. The van der Waals surface area contributed by atoms with Gasteiger partial charge in [-0.05, 0) is 37.3 Å². The van der Waals surface area contributed by atoms with Crippen LogP contribution in [0.5, 0.6) is 17.2 Å². The maximum atomic E-state index is 12.2. The molecule has 0 spiro atoms. The number of phenolic OH excluding ortho intramolecular Hbond substituents is 3. The molecule has 0 unspecified atom stereocenters. The summed E-state index contributed by atoms with van der Waals surface area (Å²) in [5, 5.41) is 33.1. The zero-order chi connectivity index (χ0) is 17.3. The zero-order valence-electron chi connectivity index (χ0n) is 12.6. The van der Waals surface area contributed by atoms with E-state index >= 15 is 0 Å². The first-order valence-electron chi connectivity index (χ1n) is 7.04. The minimum atomic E-state index is -0.598. The number of phenols is 3. The van der Waals surface area contributed by atoms with E-state index in [4.69, 9.17) is 4.42 Å². The van der Waals surface area contributed by atoms with Gasteiger partial charge in [0.05, 0.1) is 11.6 Å². The number of nitrogens with zero attached hydrogens (tertiary/aromatic N) is 1. The van der Waals surface area contributed by atoms with Crippen molar-refractivity contribution in [2.45, 2.75) is 6.92 Å². The molecule has 24 heavy (non-hydrogen) atoms. The molecule has 2 aromatic carbocycles. The number of rotatable bonds is 3. The molecular formula is C17H14N2O5. The van der Waals surface area contributed by atoms with E-state index in [1.807, 2.05) is 0 Å². The predicted octanol–water partition coefficient (Wildman–Crippen LogP) is 2.62. The lowest BCUT2D eigenvalue weighted by Gasteiger charge is -2.00. The minimum Gasteiger partial charge on any atom is -0.508 e. The number of aryl methyl sites for hydroxylation is 1. The van der Waals surface area contributed by atoms with Crippen molar-refractivity contribution in [2.75, 3.05) is 0 Å². The summed E-state index contributed by atoms with van der Waals surface area (Å²) in [7, 11) is 0. The number of benzene rings is 2. The Morgan fingerprint density at radius 3 is 2.71 bits per heavy atom. The molecule has 1 aromatic heterocycles. The third kappa shape index (κ3) is 2.74. The van der Waals surface area contributed by atoms with Gasteiger partial charge < -0.3 is 19.7 Å². The average molecular weight is 326 g/mol. The molecule has 0 saturated heterocycles. The molecule has 7 nitrogen and oxygen atoms in total. The van der Waals surface area contributed by atoms with Gasteiger partial charge in [0.25, 0.3) is 0 Å². The van der Waals surface area contributed by atoms with Crippen LogP contribution < -0.4 is 5.43 Å². The standard InChI is InChI=1S/C17H14N2O5/c1-9-15-13(22)3-2-4-14(15)24-16(9)17(23)19-18-8-10-7-11(20)5-6-12(10)21/h2-8,20-22H,1H3,(H,19,23)/b18-8+. The highest BCUT2D eigenvalue weighted by Crippen LogP contribution is 2.32. The van der Waals surface area contributed by atoms with Crippen LogP contribution in [-0.2, 0) is 0 Å². The van der Waals surface area contributed by atoms with Crippen molar-refractivity contribution in [3.8, 4) is 17.2 Å². The van der Waals surface area contributed by atoms with Crippen LogP contribution in [0.2, 0.25) is 0 Å². The zero-order valence-corrected chi connectivity index (χ0v) is 12.6. The molecule has 7 heteroatoms. The molecule has 3 rings (SSSR count). The van der Waals surface area contributed by atoms with Gasteiger partial charge in [0.1, 0.15) is 22.8 Å². The van der Waals surface area contributed by atoms with E-state index in [0.29, 0.717) is 16.5 Å². The number of hydrogen-bond donors (Lipinski definition) is 4. The highest BCUT2D eigenvalue weighted by Gasteiger charge is 2.19. The van der Waals surface area contributed by atoms with Crippen molar-refractivity contribution in [2.24, 2.45) is 5.10 Å². The van der Waals surface area contributed by atoms with Crippen LogP contribution in [0.1, 0.15) is 21.7 Å². The lowest BCUT2D eigenvalue weighted by molar-refractivity contribution is 0.0928. The maximum Gasteiger partial charge on any atom is 0.307 e. The molecule has 0 atom stereocenters. The summed E-state index contributed by atoms with van der Waals surface area (Å²) in [6.45, 7) is 1.66. The quantitative estimate of drug-likeness (QED) is 0.335. The predicted molar refractivity (Wildman–Crippen MR) is 87.4 cm³/mol. The number of nitrogens with one attached hydrogen (secondary N) is 1. The van der Waals surface area contributed by atoms with Crippen molar-refractivity contribution in [1.82, 2.24) is 5.43 Å². The fourth-order valence-electron chi connectivity index (χ4n) is 2.35. The number of carbonyl (C=O) groups is 1. The molecular weight excluding hydrogens is 312 g/mol. The normalized spacial score (nSPS) is 11.2. The van der Waals surface area contributed by atoms with Gasteiger partial charge in [0.15, 0.2) is 5.76 Å². The summed E-state index contributed by atoms with van der Waals surface area (Å²) in [6.07, 6.45) is 1.20. The number of furan rings is 1.